The molecule has 11 heteroatoms. The third-order valence-corrected chi connectivity index (χ3v) is 6.66. The molecule has 1 fully saturated rings. The number of aliphatic carboxylic acids is 1. The maximum atomic E-state index is 13.6. The molecule has 7 N–H and O–H groups in total. The summed E-state index contributed by atoms with van der Waals surface area (Å²) in [5, 5.41) is 25.9. The van der Waals surface area contributed by atoms with Crippen LogP contribution < -0.4 is 16.4 Å². The highest BCUT2D eigenvalue weighted by Gasteiger charge is 2.39. The number of benzene rings is 1. The summed E-state index contributed by atoms with van der Waals surface area (Å²) in [7, 11) is 0. The lowest BCUT2D eigenvalue weighted by Crippen LogP contribution is -2.60. The first kappa shape index (κ1) is 28.1. The van der Waals surface area contributed by atoms with Gasteiger partial charge in [-0.1, -0.05) is 32.0 Å². The van der Waals surface area contributed by atoms with Crippen LogP contribution in [0, 0.1) is 5.92 Å². The van der Waals surface area contributed by atoms with Crippen LogP contribution in [-0.2, 0) is 25.6 Å². The van der Waals surface area contributed by atoms with Crippen LogP contribution in [0.3, 0.4) is 0 Å². The Morgan fingerprint density at radius 1 is 1.14 bits per heavy atom. The van der Waals surface area contributed by atoms with Crippen molar-refractivity contribution in [1.82, 2.24) is 20.5 Å². The monoisotopic (exact) mass is 515 g/mol. The fraction of sp³-hybridized carbons (Fsp3) is 0.538. The molecule has 1 aromatic carbocycles. The molecule has 1 aliphatic rings. The first-order valence-corrected chi connectivity index (χ1v) is 12.6. The van der Waals surface area contributed by atoms with E-state index in [9.17, 15) is 29.4 Å². The molecule has 5 unspecified atom stereocenters. The SMILES string of the molecule is CC(C)CC(N)C(=O)NC(C(=O)NC(Cc1c[nH]c2ccccc12)C(=O)N1CCCC1C(=O)O)C(C)O. The molecule has 0 aliphatic carbocycles. The highest BCUT2D eigenvalue weighted by Crippen LogP contribution is 2.23. The van der Waals surface area contributed by atoms with Gasteiger partial charge in [-0.3, -0.25) is 14.4 Å². The van der Waals surface area contributed by atoms with E-state index in [0.29, 0.717) is 19.3 Å². The second kappa shape index (κ2) is 12.2. The predicted molar refractivity (Wildman–Crippen MR) is 137 cm³/mol. The number of aliphatic hydroxyl groups is 1. The third-order valence-electron chi connectivity index (χ3n) is 6.66. The Labute approximate surface area is 215 Å². The summed E-state index contributed by atoms with van der Waals surface area (Å²) in [6.45, 7) is 5.44. The number of carboxylic acid groups (broad SMARTS) is 1. The van der Waals surface area contributed by atoms with Crippen LogP contribution in [0.4, 0.5) is 0 Å². The van der Waals surface area contributed by atoms with Gasteiger partial charge in [0.25, 0.3) is 0 Å². The number of H-pyrrole nitrogens is 1. The number of para-hydroxylation sites is 1. The van der Waals surface area contributed by atoms with E-state index in [1.165, 1.54) is 11.8 Å². The number of nitrogens with one attached hydrogen (secondary N) is 3. The Hall–Kier alpha value is -3.44. The molecule has 0 saturated carbocycles. The molecular weight excluding hydrogens is 478 g/mol. The average Bonchev–Trinajstić information content (AvgIpc) is 3.48. The van der Waals surface area contributed by atoms with E-state index in [2.05, 4.69) is 15.6 Å². The molecule has 3 amide bonds. The van der Waals surface area contributed by atoms with Gasteiger partial charge in [-0.05, 0) is 43.7 Å². The zero-order valence-corrected chi connectivity index (χ0v) is 21.4. The number of aromatic amines is 1. The minimum Gasteiger partial charge on any atom is -0.480 e. The molecule has 5 atom stereocenters. The summed E-state index contributed by atoms with van der Waals surface area (Å²) >= 11 is 0. The number of carbonyl (C=O) groups excluding carboxylic acids is 3. The molecule has 3 rings (SSSR count). The lowest BCUT2D eigenvalue weighted by molar-refractivity contribution is -0.149. The Balaban J connectivity index is 1.85. The lowest BCUT2D eigenvalue weighted by Gasteiger charge is -2.29. The van der Waals surface area contributed by atoms with Crippen LogP contribution >= 0.6 is 0 Å². The lowest BCUT2D eigenvalue weighted by atomic mass is 10.0. The second-order valence-electron chi connectivity index (χ2n) is 10.1. The van der Waals surface area contributed by atoms with E-state index in [1.54, 1.807) is 6.20 Å². The van der Waals surface area contributed by atoms with E-state index in [1.807, 2.05) is 38.1 Å². The average molecular weight is 516 g/mol. The van der Waals surface area contributed by atoms with Gasteiger partial charge < -0.3 is 36.5 Å². The fourth-order valence-corrected chi connectivity index (χ4v) is 4.75. The number of carboxylic acids is 1. The molecular formula is C26H37N5O6. The van der Waals surface area contributed by atoms with Crippen molar-refractivity contribution in [2.75, 3.05) is 6.54 Å². The van der Waals surface area contributed by atoms with Gasteiger partial charge in [0.15, 0.2) is 0 Å². The molecule has 2 aromatic rings. The fourth-order valence-electron chi connectivity index (χ4n) is 4.75. The maximum Gasteiger partial charge on any atom is 0.326 e. The minimum atomic E-state index is -1.35. The molecule has 1 aliphatic heterocycles. The van der Waals surface area contributed by atoms with Gasteiger partial charge in [-0.15, -0.1) is 0 Å². The van der Waals surface area contributed by atoms with Crippen LogP contribution in [0.2, 0.25) is 0 Å². The number of hydrogen-bond acceptors (Lipinski definition) is 6. The highest BCUT2D eigenvalue weighted by molar-refractivity contribution is 5.95. The topological polar surface area (TPSA) is 178 Å². The van der Waals surface area contributed by atoms with Crippen LogP contribution in [0.5, 0.6) is 0 Å². The van der Waals surface area contributed by atoms with Crippen molar-refractivity contribution in [3.63, 3.8) is 0 Å². The zero-order chi connectivity index (χ0) is 27.3. The van der Waals surface area contributed by atoms with E-state index < -0.39 is 54.0 Å². The number of fused-ring (bicyclic) bond motifs is 1. The van der Waals surface area contributed by atoms with Crippen LogP contribution in [0.25, 0.3) is 10.9 Å². The summed E-state index contributed by atoms with van der Waals surface area (Å²) in [6, 6.07) is 3.19. The number of aromatic nitrogens is 1. The molecule has 0 spiro atoms. The summed E-state index contributed by atoms with van der Waals surface area (Å²) < 4.78 is 0. The number of amides is 3. The number of likely N-dealkylation sites (tertiary alicyclic amines) is 1. The molecule has 0 bridgehead atoms. The standard InChI is InChI=1S/C26H37N5O6/c1-14(2)11-18(27)23(33)30-22(15(3)32)24(34)29-20(25(35)31-10-6-9-21(31)26(36)37)12-16-13-28-19-8-5-4-7-17(16)19/h4-5,7-8,13-15,18,20-22,28,32H,6,9-12,27H2,1-3H3,(H,29,34)(H,30,33)(H,36,37). The Morgan fingerprint density at radius 2 is 1.84 bits per heavy atom. The van der Waals surface area contributed by atoms with Crippen molar-refractivity contribution in [1.29, 1.82) is 0 Å². The van der Waals surface area contributed by atoms with Crippen molar-refractivity contribution < 1.29 is 29.4 Å². The normalized spacial score (nSPS) is 18.9. The van der Waals surface area contributed by atoms with Gasteiger partial charge >= 0.3 is 5.97 Å². The van der Waals surface area contributed by atoms with Gasteiger partial charge in [0.1, 0.15) is 18.1 Å². The molecule has 1 saturated heterocycles. The molecule has 37 heavy (non-hydrogen) atoms. The van der Waals surface area contributed by atoms with Gasteiger partial charge in [-0.2, -0.15) is 0 Å². The number of hydrogen-bond donors (Lipinski definition) is 6. The summed E-state index contributed by atoms with van der Waals surface area (Å²) in [6.07, 6.45) is 1.83. The van der Waals surface area contributed by atoms with Gasteiger partial charge in [0, 0.05) is 30.1 Å². The van der Waals surface area contributed by atoms with Crippen molar-refractivity contribution in [2.24, 2.45) is 11.7 Å². The predicted octanol–water partition coefficient (Wildman–Crippen LogP) is 0.510. The van der Waals surface area contributed by atoms with Gasteiger partial charge in [0.2, 0.25) is 17.7 Å². The van der Waals surface area contributed by atoms with Crippen LogP contribution in [0.1, 0.15) is 45.6 Å². The Morgan fingerprint density at radius 3 is 2.49 bits per heavy atom. The highest BCUT2D eigenvalue weighted by atomic mass is 16.4. The van der Waals surface area contributed by atoms with Crippen molar-refractivity contribution >= 4 is 34.6 Å². The molecule has 11 nitrogen and oxygen atoms in total. The van der Waals surface area contributed by atoms with E-state index in [4.69, 9.17) is 5.73 Å². The van der Waals surface area contributed by atoms with E-state index >= 15 is 0 Å². The molecule has 0 radical (unpaired) electrons. The summed E-state index contributed by atoms with van der Waals surface area (Å²) in [5.74, 6) is -2.82. The maximum absolute atomic E-state index is 13.6. The number of carbonyl (C=O) groups is 4. The largest absolute Gasteiger partial charge is 0.480 e. The molecule has 202 valence electrons. The Kier molecular flexibility index (Phi) is 9.28. The zero-order valence-electron chi connectivity index (χ0n) is 21.4. The van der Waals surface area contributed by atoms with Gasteiger partial charge in [-0.25, -0.2) is 4.79 Å². The number of aliphatic hydroxyl groups excluding tert-OH is 1. The Bertz CT molecular complexity index is 1130. The van der Waals surface area contributed by atoms with Gasteiger partial charge in [0.05, 0.1) is 12.1 Å². The quantitative estimate of drug-likeness (QED) is 0.252. The van der Waals surface area contributed by atoms with E-state index in [0.717, 1.165) is 16.5 Å². The van der Waals surface area contributed by atoms with Crippen LogP contribution in [-0.4, -0.2) is 80.6 Å². The molecule has 1 aromatic heterocycles. The third kappa shape index (κ3) is 6.86. The van der Waals surface area contributed by atoms with Crippen molar-refractivity contribution in [2.45, 2.75) is 76.7 Å². The number of nitrogens with zero attached hydrogens (tertiary/aromatic N) is 1. The van der Waals surface area contributed by atoms with Crippen molar-refractivity contribution in [3.8, 4) is 0 Å². The summed E-state index contributed by atoms with van der Waals surface area (Å²) in [4.78, 5) is 55.6. The van der Waals surface area contributed by atoms with E-state index in [-0.39, 0.29) is 18.9 Å². The number of rotatable bonds is 11. The van der Waals surface area contributed by atoms with Crippen molar-refractivity contribution in [3.05, 3.63) is 36.0 Å². The second-order valence-corrected chi connectivity index (χ2v) is 10.1. The smallest absolute Gasteiger partial charge is 0.326 e. The minimum absolute atomic E-state index is 0.0881. The first-order valence-electron chi connectivity index (χ1n) is 12.6. The molecule has 2 heterocycles. The summed E-state index contributed by atoms with van der Waals surface area (Å²) in [5.41, 5.74) is 7.56. The number of nitrogens with two attached hydrogens (primary N) is 1. The first-order chi connectivity index (χ1) is 17.5. The van der Waals surface area contributed by atoms with Crippen LogP contribution in [0.15, 0.2) is 30.5 Å².